The third kappa shape index (κ3) is 3.62. The highest BCUT2D eigenvalue weighted by Gasteiger charge is 2.32. The van der Waals surface area contributed by atoms with Crippen molar-refractivity contribution < 1.29 is 4.74 Å². The maximum absolute atomic E-state index is 6.40. The molecule has 2 N–H and O–H groups in total. The number of aromatic nitrogens is 2. The Hall–Kier alpha value is -0.390. The quantitative estimate of drug-likeness (QED) is 0.861. The van der Waals surface area contributed by atoms with Crippen molar-refractivity contribution in [3.8, 4) is 0 Å². The summed E-state index contributed by atoms with van der Waals surface area (Å²) < 4.78 is 8.33. The number of nitrogens with zero attached hydrogens (tertiary/aromatic N) is 2. The van der Waals surface area contributed by atoms with Gasteiger partial charge in [-0.3, -0.25) is 4.68 Å². The molecule has 0 saturated heterocycles. The predicted molar refractivity (Wildman–Crippen MR) is 84.8 cm³/mol. The van der Waals surface area contributed by atoms with E-state index in [1.807, 2.05) is 6.20 Å². The van der Waals surface area contributed by atoms with Gasteiger partial charge >= 0.3 is 0 Å². The second-order valence-electron chi connectivity index (χ2n) is 5.83. The van der Waals surface area contributed by atoms with Crippen LogP contribution in [-0.2, 0) is 11.3 Å². The zero-order valence-corrected chi connectivity index (χ0v) is 14.1. The minimum atomic E-state index is 0.248. The van der Waals surface area contributed by atoms with Crippen molar-refractivity contribution in [1.29, 1.82) is 0 Å². The van der Waals surface area contributed by atoms with Gasteiger partial charge in [0, 0.05) is 19.1 Å². The summed E-state index contributed by atoms with van der Waals surface area (Å²) in [5, 5.41) is 4.47. The summed E-state index contributed by atoms with van der Waals surface area (Å²) >= 11 is 3.65. The van der Waals surface area contributed by atoms with Crippen LogP contribution >= 0.6 is 15.9 Å². The maximum Gasteiger partial charge on any atom is 0.0658 e. The molecule has 20 heavy (non-hydrogen) atoms. The van der Waals surface area contributed by atoms with Crippen LogP contribution in [0, 0.1) is 5.92 Å². The van der Waals surface area contributed by atoms with E-state index in [-0.39, 0.29) is 6.04 Å². The van der Waals surface area contributed by atoms with Crippen LogP contribution in [0.15, 0.2) is 10.7 Å². The fourth-order valence-corrected chi connectivity index (χ4v) is 3.95. The smallest absolute Gasteiger partial charge is 0.0658 e. The molecule has 0 amide bonds. The lowest BCUT2D eigenvalue weighted by molar-refractivity contribution is 0.179. The number of methoxy groups -OCH3 is 1. The number of hydrogen-bond donors (Lipinski definition) is 1. The highest BCUT2D eigenvalue weighted by atomic mass is 79.9. The van der Waals surface area contributed by atoms with Crippen molar-refractivity contribution >= 4 is 15.9 Å². The van der Waals surface area contributed by atoms with Crippen LogP contribution in [0.1, 0.15) is 50.6 Å². The lowest BCUT2D eigenvalue weighted by atomic mass is 9.75. The first-order chi connectivity index (χ1) is 9.67. The Balaban J connectivity index is 2.17. The molecule has 1 fully saturated rings. The van der Waals surface area contributed by atoms with Gasteiger partial charge in [0.1, 0.15) is 0 Å². The van der Waals surface area contributed by atoms with Crippen molar-refractivity contribution in [1.82, 2.24) is 9.78 Å². The second-order valence-corrected chi connectivity index (χ2v) is 6.69. The molecule has 5 heteroatoms. The molecule has 4 nitrogen and oxygen atoms in total. The van der Waals surface area contributed by atoms with Gasteiger partial charge in [0.2, 0.25) is 0 Å². The first-order valence-electron chi connectivity index (χ1n) is 7.63. The number of halogens is 1. The normalized spacial score (nSPS) is 26.9. The van der Waals surface area contributed by atoms with Crippen LogP contribution in [0.2, 0.25) is 0 Å². The highest BCUT2D eigenvalue weighted by Crippen LogP contribution is 2.39. The lowest BCUT2D eigenvalue weighted by Crippen LogP contribution is -2.36. The van der Waals surface area contributed by atoms with Gasteiger partial charge in [0.15, 0.2) is 0 Å². The van der Waals surface area contributed by atoms with Gasteiger partial charge in [-0.2, -0.15) is 5.10 Å². The standard InChI is InChI=1S/C15H26BrN3O/c1-3-4-11-5-6-14(17)12(9-11)15-13(16)10-18-19(15)7-8-20-2/h10-12,14H,3-9,17H2,1-2H3. The van der Waals surface area contributed by atoms with E-state index in [1.165, 1.54) is 31.4 Å². The van der Waals surface area contributed by atoms with Crippen molar-refractivity contribution in [2.24, 2.45) is 11.7 Å². The summed E-state index contributed by atoms with van der Waals surface area (Å²) in [6, 6.07) is 0.248. The molecule has 2 rings (SSSR count). The molecular formula is C15H26BrN3O. The minimum Gasteiger partial charge on any atom is -0.383 e. The fourth-order valence-electron chi connectivity index (χ4n) is 3.36. The van der Waals surface area contributed by atoms with E-state index in [4.69, 9.17) is 10.5 Å². The zero-order chi connectivity index (χ0) is 14.5. The van der Waals surface area contributed by atoms with Gasteiger partial charge in [0.25, 0.3) is 0 Å². The molecule has 0 bridgehead atoms. The summed E-state index contributed by atoms with van der Waals surface area (Å²) in [5.41, 5.74) is 7.66. The largest absolute Gasteiger partial charge is 0.383 e. The number of nitrogens with two attached hydrogens (primary N) is 1. The molecule has 114 valence electrons. The molecule has 0 spiro atoms. The van der Waals surface area contributed by atoms with E-state index < -0.39 is 0 Å². The Morgan fingerprint density at radius 1 is 1.50 bits per heavy atom. The van der Waals surface area contributed by atoms with Crippen molar-refractivity contribution in [3.63, 3.8) is 0 Å². The molecule has 1 aromatic rings. The Kier molecular flexibility index (Phi) is 6.05. The number of ether oxygens (including phenoxy) is 1. The summed E-state index contributed by atoms with van der Waals surface area (Å²) in [4.78, 5) is 0. The summed E-state index contributed by atoms with van der Waals surface area (Å²) in [5.74, 6) is 1.22. The molecule has 0 aromatic carbocycles. The van der Waals surface area contributed by atoms with Crippen molar-refractivity contribution in [2.45, 2.75) is 57.5 Å². The average molecular weight is 344 g/mol. The first-order valence-corrected chi connectivity index (χ1v) is 8.42. The Morgan fingerprint density at radius 2 is 2.30 bits per heavy atom. The van der Waals surface area contributed by atoms with Gasteiger partial charge in [0.05, 0.1) is 29.5 Å². The maximum atomic E-state index is 6.40. The fraction of sp³-hybridized carbons (Fsp3) is 0.800. The average Bonchev–Trinajstić information content (AvgIpc) is 2.80. The molecule has 1 aliphatic rings. The molecule has 1 saturated carbocycles. The SMILES string of the molecule is CCCC1CCC(N)C(c2c(Br)cnn2CCOC)C1. The van der Waals surface area contributed by atoms with Gasteiger partial charge in [-0.05, 0) is 41.1 Å². The Bertz CT molecular complexity index is 421. The number of rotatable bonds is 6. The third-order valence-corrected chi connectivity index (χ3v) is 5.01. The van der Waals surface area contributed by atoms with E-state index >= 15 is 0 Å². The Labute approximate surface area is 130 Å². The molecule has 1 aliphatic carbocycles. The van der Waals surface area contributed by atoms with Crippen LogP contribution in [-0.4, -0.2) is 29.5 Å². The summed E-state index contributed by atoms with van der Waals surface area (Å²) in [6.07, 6.45) is 8.05. The summed E-state index contributed by atoms with van der Waals surface area (Å²) in [7, 11) is 1.72. The molecular weight excluding hydrogens is 318 g/mol. The first kappa shape index (κ1) is 16.0. The molecule has 0 aliphatic heterocycles. The van der Waals surface area contributed by atoms with Crippen LogP contribution in [0.4, 0.5) is 0 Å². The summed E-state index contributed by atoms with van der Waals surface area (Å²) in [6.45, 7) is 3.74. The Morgan fingerprint density at radius 3 is 3.00 bits per heavy atom. The van der Waals surface area contributed by atoms with E-state index in [1.54, 1.807) is 7.11 Å². The molecule has 3 unspecified atom stereocenters. The van der Waals surface area contributed by atoms with E-state index in [2.05, 4.69) is 32.6 Å². The monoisotopic (exact) mass is 343 g/mol. The molecule has 1 heterocycles. The van der Waals surface area contributed by atoms with Gasteiger partial charge in [-0.1, -0.05) is 19.8 Å². The topological polar surface area (TPSA) is 53.1 Å². The number of hydrogen-bond acceptors (Lipinski definition) is 3. The molecule has 0 radical (unpaired) electrons. The van der Waals surface area contributed by atoms with Crippen LogP contribution in [0.3, 0.4) is 0 Å². The highest BCUT2D eigenvalue weighted by molar-refractivity contribution is 9.10. The third-order valence-electron chi connectivity index (χ3n) is 4.40. The lowest BCUT2D eigenvalue weighted by Gasteiger charge is -2.34. The van der Waals surface area contributed by atoms with Gasteiger partial charge in [-0.15, -0.1) is 0 Å². The van der Waals surface area contributed by atoms with E-state index in [0.717, 1.165) is 23.4 Å². The van der Waals surface area contributed by atoms with E-state index in [0.29, 0.717) is 12.5 Å². The van der Waals surface area contributed by atoms with Gasteiger partial charge in [-0.25, -0.2) is 0 Å². The molecule has 1 aromatic heterocycles. The van der Waals surface area contributed by atoms with Crippen LogP contribution in [0.5, 0.6) is 0 Å². The minimum absolute atomic E-state index is 0.248. The van der Waals surface area contributed by atoms with Crippen molar-refractivity contribution in [2.75, 3.05) is 13.7 Å². The van der Waals surface area contributed by atoms with Crippen LogP contribution in [0.25, 0.3) is 0 Å². The molecule has 3 atom stereocenters. The van der Waals surface area contributed by atoms with Crippen molar-refractivity contribution in [3.05, 3.63) is 16.4 Å². The zero-order valence-electron chi connectivity index (χ0n) is 12.5. The van der Waals surface area contributed by atoms with Crippen LogP contribution < -0.4 is 5.73 Å². The predicted octanol–water partition coefficient (Wildman–Crippen LogP) is 3.30. The van der Waals surface area contributed by atoms with E-state index in [9.17, 15) is 0 Å². The van der Waals surface area contributed by atoms with Gasteiger partial charge < -0.3 is 10.5 Å². The second kappa shape index (κ2) is 7.57.